The predicted octanol–water partition coefficient (Wildman–Crippen LogP) is 1.54. The summed E-state index contributed by atoms with van der Waals surface area (Å²) >= 11 is 2.00. The van der Waals surface area contributed by atoms with E-state index in [1.165, 1.54) is 16.9 Å². The van der Waals surface area contributed by atoms with Crippen LogP contribution in [-0.4, -0.2) is 56.7 Å². The zero-order chi connectivity index (χ0) is 17.5. The molecule has 1 fully saturated rings. The van der Waals surface area contributed by atoms with Gasteiger partial charge in [0, 0.05) is 67.5 Å². The van der Waals surface area contributed by atoms with Crippen molar-refractivity contribution in [2.75, 3.05) is 31.1 Å². The van der Waals surface area contributed by atoms with Gasteiger partial charge in [-0.25, -0.2) is 4.98 Å². The van der Waals surface area contributed by atoms with E-state index in [4.69, 9.17) is 0 Å². The molecule has 2 aliphatic rings. The smallest absolute Gasteiger partial charge is 0.203 e. The second kappa shape index (κ2) is 6.61. The highest BCUT2D eigenvalue weighted by atomic mass is 32.1. The number of hydrogen-bond acceptors (Lipinski definition) is 7. The first kappa shape index (κ1) is 16.2. The minimum Gasteiger partial charge on any atom is -0.348 e. The average Bonchev–Trinajstić information content (AvgIpc) is 3.27. The van der Waals surface area contributed by atoms with Crippen LogP contribution in [0.5, 0.6) is 0 Å². The maximum absolute atomic E-state index is 4.59. The molecular weight excluding hydrogens is 346 g/mol. The SMILES string of the molecule is CC1CN(Cc2cc3c(s2)CCNC3)CCN1c1nccn2cnnc12. The van der Waals surface area contributed by atoms with E-state index in [-0.39, 0.29) is 0 Å². The van der Waals surface area contributed by atoms with Gasteiger partial charge in [0.1, 0.15) is 6.33 Å². The summed E-state index contributed by atoms with van der Waals surface area (Å²) in [6.07, 6.45) is 6.63. The first-order chi connectivity index (χ1) is 12.8. The van der Waals surface area contributed by atoms with Crippen LogP contribution >= 0.6 is 11.3 Å². The van der Waals surface area contributed by atoms with Crippen LogP contribution in [0.15, 0.2) is 24.8 Å². The van der Waals surface area contributed by atoms with E-state index >= 15 is 0 Å². The number of piperazine rings is 1. The lowest BCUT2D eigenvalue weighted by atomic mass is 10.1. The van der Waals surface area contributed by atoms with Crippen LogP contribution in [-0.2, 0) is 19.5 Å². The van der Waals surface area contributed by atoms with Crippen molar-refractivity contribution in [3.63, 3.8) is 0 Å². The molecule has 0 aromatic carbocycles. The topological polar surface area (TPSA) is 61.6 Å². The highest BCUT2D eigenvalue weighted by molar-refractivity contribution is 7.12. The number of aromatic nitrogens is 4. The molecule has 2 aliphatic heterocycles. The Morgan fingerprint density at radius 3 is 3.19 bits per heavy atom. The van der Waals surface area contributed by atoms with Gasteiger partial charge in [0.15, 0.2) is 5.82 Å². The molecule has 5 heterocycles. The normalized spacial score (nSPS) is 21.3. The number of fused-ring (bicyclic) bond motifs is 2. The zero-order valence-corrected chi connectivity index (χ0v) is 15.7. The molecule has 0 amide bonds. The van der Waals surface area contributed by atoms with Crippen molar-refractivity contribution in [1.29, 1.82) is 0 Å². The fourth-order valence-electron chi connectivity index (χ4n) is 4.05. The summed E-state index contributed by atoms with van der Waals surface area (Å²) in [5, 5.41) is 11.7. The minimum atomic E-state index is 0.399. The van der Waals surface area contributed by atoms with Crippen LogP contribution in [0.4, 0.5) is 5.82 Å². The van der Waals surface area contributed by atoms with E-state index in [0.717, 1.165) is 50.7 Å². The first-order valence-electron chi connectivity index (χ1n) is 9.22. The molecule has 26 heavy (non-hydrogen) atoms. The Bertz CT molecular complexity index is 894. The molecule has 8 heteroatoms. The number of thiophene rings is 1. The van der Waals surface area contributed by atoms with E-state index in [1.54, 1.807) is 11.2 Å². The number of nitrogens with one attached hydrogen (secondary N) is 1. The first-order valence-corrected chi connectivity index (χ1v) is 10.0. The molecule has 0 spiro atoms. The number of hydrogen-bond donors (Lipinski definition) is 1. The Balaban J connectivity index is 1.30. The molecule has 0 saturated carbocycles. The van der Waals surface area contributed by atoms with Gasteiger partial charge in [0.2, 0.25) is 5.65 Å². The molecule has 1 N–H and O–H groups in total. The summed E-state index contributed by atoms with van der Waals surface area (Å²) < 4.78 is 1.94. The molecule has 136 valence electrons. The van der Waals surface area contributed by atoms with E-state index in [0.29, 0.717) is 6.04 Å². The van der Waals surface area contributed by atoms with Crippen LogP contribution in [0.25, 0.3) is 5.65 Å². The van der Waals surface area contributed by atoms with Crippen LogP contribution in [0.3, 0.4) is 0 Å². The van der Waals surface area contributed by atoms with Gasteiger partial charge >= 0.3 is 0 Å². The van der Waals surface area contributed by atoms with Crippen molar-refractivity contribution in [2.24, 2.45) is 0 Å². The quantitative estimate of drug-likeness (QED) is 0.756. The lowest BCUT2D eigenvalue weighted by Gasteiger charge is -2.40. The Kier molecular flexibility index (Phi) is 4.11. The van der Waals surface area contributed by atoms with Gasteiger partial charge in [-0.3, -0.25) is 9.30 Å². The maximum Gasteiger partial charge on any atom is 0.203 e. The van der Waals surface area contributed by atoms with Gasteiger partial charge in [0.25, 0.3) is 0 Å². The highest BCUT2D eigenvalue weighted by Crippen LogP contribution is 2.28. The molecule has 7 nitrogen and oxygen atoms in total. The Morgan fingerprint density at radius 1 is 1.35 bits per heavy atom. The van der Waals surface area contributed by atoms with Crippen LogP contribution < -0.4 is 10.2 Å². The van der Waals surface area contributed by atoms with E-state index in [9.17, 15) is 0 Å². The van der Waals surface area contributed by atoms with Crippen LogP contribution in [0.1, 0.15) is 22.2 Å². The fraction of sp³-hybridized carbons (Fsp3) is 0.500. The Labute approximate surface area is 156 Å². The molecule has 3 aromatic heterocycles. The van der Waals surface area contributed by atoms with Gasteiger partial charge in [-0.1, -0.05) is 0 Å². The molecule has 0 aliphatic carbocycles. The summed E-state index contributed by atoms with van der Waals surface area (Å²) in [6, 6.07) is 2.80. The van der Waals surface area contributed by atoms with Crippen molar-refractivity contribution in [3.05, 3.63) is 40.1 Å². The maximum atomic E-state index is 4.59. The van der Waals surface area contributed by atoms with E-state index in [1.807, 2.05) is 28.1 Å². The number of rotatable bonds is 3. The molecule has 1 unspecified atom stereocenters. The third kappa shape index (κ3) is 2.87. The summed E-state index contributed by atoms with van der Waals surface area (Å²) in [5.74, 6) is 0.940. The molecule has 1 saturated heterocycles. The third-order valence-corrected chi connectivity index (χ3v) is 6.57. The standard InChI is InChI=1S/C18H23N7S/c1-13-10-23(11-15-8-14-9-19-3-2-16(14)26-15)6-7-25(13)17-18-22-21-12-24(18)5-4-20-17/h4-5,8,12-13,19H,2-3,6-7,9-11H2,1H3. The van der Waals surface area contributed by atoms with Crippen molar-refractivity contribution in [1.82, 2.24) is 29.8 Å². The summed E-state index contributed by atoms with van der Waals surface area (Å²) in [4.78, 5) is 12.6. The third-order valence-electron chi connectivity index (χ3n) is 5.35. The second-order valence-corrected chi connectivity index (χ2v) is 8.40. The summed E-state index contributed by atoms with van der Waals surface area (Å²) in [6.45, 7) is 8.52. The molecule has 3 aromatic rings. The van der Waals surface area contributed by atoms with Gasteiger partial charge in [-0.15, -0.1) is 21.5 Å². The largest absolute Gasteiger partial charge is 0.348 e. The Hall–Kier alpha value is -2.03. The highest BCUT2D eigenvalue weighted by Gasteiger charge is 2.27. The van der Waals surface area contributed by atoms with Crippen molar-refractivity contribution >= 4 is 22.8 Å². The number of anilines is 1. The molecular formula is C18H23N7S. The van der Waals surface area contributed by atoms with Crippen LogP contribution in [0, 0.1) is 0 Å². The fourth-order valence-corrected chi connectivity index (χ4v) is 5.28. The average molecular weight is 369 g/mol. The van der Waals surface area contributed by atoms with Gasteiger partial charge < -0.3 is 10.2 Å². The minimum absolute atomic E-state index is 0.399. The lowest BCUT2D eigenvalue weighted by molar-refractivity contribution is 0.222. The molecule has 1 atom stereocenters. The van der Waals surface area contributed by atoms with Crippen molar-refractivity contribution in [3.8, 4) is 0 Å². The second-order valence-electron chi connectivity index (χ2n) is 7.18. The monoisotopic (exact) mass is 369 g/mol. The number of nitrogens with zero attached hydrogens (tertiary/aromatic N) is 6. The van der Waals surface area contributed by atoms with Crippen molar-refractivity contribution < 1.29 is 0 Å². The summed E-state index contributed by atoms with van der Waals surface area (Å²) in [5.41, 5.74) is 2.34. The van der Waals surface area contributed by atoms with Gasteiger partial charge in [0.05, 0.1) is 0 Å². The lowest BCUT2D eigenvalue weighted by Crippen LogP contribution is -2.52. The zero-order valence-electron chi connectivity index (χ0n) is 14.9. The van der Waals surface area contributed by atoms with Crippen LogP contribution in [0.2, 0.25) is 0 Å². The van der Waals surface area contributed by atoms with E-state index in [2.05, 4.69) is 43.3 Å². The molecule has 5 rings (SSSR count). The van der Waals surface area contributed by atoms with E-state index < -0.39 is 0 Å². The summed E-state index contributed by atoms with van der Waals surface area (Å²) in [7, 11) is 0. The Morgan fingerprint density at radius 2 is 2.31 bits per heavy atom. The van der Waals surface area contributed by atoms with Gasteiger partial charge in [-0.2, -0.15) is 0 Å². The van der Waals surface area contributed by atoms with Gasteiger partial charge in [-0.05, 0) is 25.0 Å². The van der Waals surface area contributed by atoms with Crippen molar-refractivity contribution in [2.45, 2.75) is 32.5 Å². The molecule has 0 radical (unpaired) electrons. The molecule has 0 bridgehead atoms. The predicted molar refractivity (Wildman–Crippen MR) is 103 cm³/mol.